The maximum Gasteiger partial charge on any atom is 0.347 e. The molecule has 0 amide bonds. The van der Waals surface area contributed by atoms with Crippen LogP contribution in [0, 0.1) is 5.92 Å². The van der Waals surface area contributed by atoms with Crippen molar-refractivity contribution < 1.29 is 81.6 Å². The molecular formula is C45H66O17. The second-order valence-corrected chi connectivity index (χ2v) is 19.3. The van der Waals surface area contributed by atoms with E-state index in [9.17, 15) is 34.2 Å². The summed E-state index contributed by atoms with van der Waals surface area (Å²) in [6, 6.07) is 9.45. The third-order valence-electron chi connectivity index (χ3n) is 9.85. The molecule has 17 nitrogen and oxygen atoms in total. The van der Waals surface area contributed by atoms with Gasteiger partial charge < -0.3 is 52.8 Å². The fourth-order valence-electron chi connectivity index (χ4n) is 7.22. The van der Waals surface area contributed by atoms with Crippen LogP contribution in [0.25, 0.3) is 0 Å². The van der Waals surface area contributed by atoms with E-state index in [0.717, 1.165) is 5.56 Å². The quantitative estimate of drug-likeness (QED) is 0.0826. The lowest BCUT2D eigenvalue weighted by molar-refractivity contribution is -0.387. The topological polar surface area (TPSA) is 226 Å². The SMILES string of the molecule is C=C(CC[C@@]12O[C@H](C(=O)OC(C)(C)C)[C@@](O)(C(=O)OC(C)(C)C)[C@@](C(=O)OC(C)(C)C)(O1)[C@H](OC(=O)CCC(=O)O)[C@H]2OC(C)(C)OC)C(OC(C)=O)C(C)Cc1ccccc1. The van der Waals surface area contributed by atoms with Crippen LogP contribution in [0.5, 0.6) is 0 Å². The zero-order valence-corrected chi connectivity index (χ0v) is 38.5. The molecule has 1 aromatic rings. The van der Waals surface area contributed by atoms with E-state index >= 15 is 4.79 Å². The Balaban J connectivity index is 2.47. The number of aliphatic carboxylic acids is 1. The third-order valence-corrected chi connectivity index (χ3v) is 9.85. The summed E-state index contributed by atoms with van der Waals surface area (Å²) in [7, 11) is 1.28. The van der Waals surface area contributed by atoms with Crippen LogP contribution in [-0.4, -0.2) is 117 Å². The first-order valence-electron chi connectivity index (χ1n) is 20.6. The van der Waals surface area contributed by atoms with Crippen molar-refractivity contribution in [2.75, 3.05) is 7.11 Å². The molecule has 3 rings (SSSR count). The van der Waals surface area contributed by atoms with Crippen molar-refractivity contribution in [1.29, 1.82) is 0 Å². The number of carboxylic acid groups (broad SMARTS) is 1. The Morgan fingerprint density at radius 3 is 1.85 bits per heavy atom. The van der Waals surface area contributed by atoms with Gasteiger partial charge in [-0.25, -0.2) is 14.4 Å². The second kappa shape index (κ2) is 19.1. The van der Waals surface area contributed by atoms with Crippen molar-refractivity contribution in [2.24, 2.45) is 5.92 Å². The van der Waals surface area contributed by atoms with Crippen molar-refractivity contribution in [3.05, 3.63) is 48.0 Å². The lowest BCUT2D eigenvalue weighted by atomic mass is 9.74. The highest BCUT2D eigenvalue weighted by atomic mass is 16.8. The lowest BCUT2D eigenvalue weighted by Gasteiger charge is -2.51. The van der Waals surface area contributed by atoms with E-state index in [1.165, 1.54) is 90.2 Å². The number of fused-ring (bicyclic) bond motifs is 2. The van der Waals surface area contributed by atoms with Gasteiger partial charge in [0.05, 0.1) is 12.8 Å². The molecule has 62 heavy (non-hydrogen) atoms. The number of aliphatic hydroxyl groups is 1. The van der Waals surface area contributed by atoms with Gasteiger partial charge in [-0.05, 0) is 100 Å². The van der Waals surface area contributed by atoms with Gasteiger partial charge in [0.15, 0.2) is 18.0 Å². The van der Waals surface area contributed by atoms with Crippen LogP contribution in [0.1, 0.15) is 121 Å². The Hall–Kier alpha value is -4.42. The predicted molar refractivity (Wildman–Crippen MR) is 220 cm³/mol. The maximum absolute atomic E-state index is 15.2. The summed E-state index contributed by atoms with van der Waals surface area (Å²) in [6.45, 7) is 23.6. The number of hydrogen-bond donors (Lipinski definition) is 2. The van der Waals surface area contributed by atoms with Gasteiger partial charge in [-0.1, -0.05) is 43.8 Å². The summed E-state index contributed by atoms with van der Waals surface area (Å²) < 4.78 is 54.4. The van der Waals surface area contributed by atoms with E-state index < -0.39 is 119 Å². The van der Waals surface area contributed by atoms with E-state index in [1.54, 1.807) is 0 Å². The largest absolute Gasteiger partial charge is 0.481 e. The molecule has 2 bridgehead atoms. The Kier molecular flexibility index (Phi) is 16.0. The maximum atomic E-state index is 15.2. The Labute approximate surface area is 364 Å². The first kappa shape index (κ1) is 51.9. The van der Waals surface area contributed by atoms with Gasteiger partial charge in [0, 0.05) is 26.4 Å². The number of benzene rings is 1. The second-order valence-electron chi connectivity index (χ2n) is 19.3. The van der Waals surface area contributed by atoms with Crippen LogP contribution >= 0.6 is 0 Å². The first-order chi connectivity index (χ1) is 28.2. The average Bonchev–Trinajstić information content (AvgIpc) is 3.34. The van der Waals surface area contributed by atoms with Crippen LogP contribution in [0.4, 0.5) is 0 Å². The van der Waals surface area contributed by atoms with Gasteiger partial charge in [0.25, 0.3) is 5.60 Å². The molecule has 1 aromatic carbocycles. The number of carbonyl (C=O) groups is 6. The van der Waals surface area contributed by atoms with E-state index in [4.69, 9.17) is 42.6 Å². The number of esters is 5. The van der Waals surface area contributed by atoms with E-state index in [2.05, 4.69) is 6.58 Å². The summed E-state index contributed by atoms with van der Waals surface area (Å²) in [6.07, 6.45) is -9.21. The molecule has 17 heteroatoms. The lowest BCUT2D eigenvalue weighted by Crippen LogP contribution is -2.79. The normalized spacial score (nSPS) is 26.1. The molecule has 2 heterocycles. The van der Waals surface area contributed by atoms with E-state index in [-0.39, 0.29) is 12.3 Å². The number of rotatable bonds is 18. The summed E-state index contributed by atoms with van der Waals surface area (Å²) in [5.74, 6) is -12.2. The van der Waals surface area contributed by atoms with Gasteiger partial charge in [-0.2, -0.15) is 0 Å². The average molecular weight is 879 g/mol. The number of hydrogen-bond acceptors (Lipinski definition) is 16. The van der Waals surface area contributed by atoms with Gasteiger partial charge in [0.2, 0.25) is 17.5 Å². The molecule has 0 saturated carbocycles. The molecule has 0 aliphatic carbocycles. The van der Waals surface area contributed by atoms with Crippen molar-refractivity contribution in [1.82, 2.24) is 0 Å². The minimum atomic E-state index is -3.59. The van der Waals surface area contributed by atoms with Crippen molar-refractivity contribution in [2.45, 2.75) is 186 Å². The fourth-order valence-corrected chi connectivity index (χ4v) is 7.22. The van der Waals surface area contributed by atoms with Crippen LogP contribution in [0.15, 0.2) is 42.5 Å². The van der Waals surface area contributed by atoms with E-state index in [0.29, 0.717) is 12.0 Å². The van der Waals surface area contributed by atoms with Gasteiger partial charge in [-0.3, -0.25) is 14.4 Å². The van der Waals surface area contributed by atoms with Gasteiger partial charge >= 0.3 is 35.8 Å². The van der Waals surface area contributed by atoms with Crippen LogP contribution in [0.3, 0.4) is 0 Å². The van der Waals surface area contributed by atoms with E-state index in [1.807, 2.05) is 37.3 Å². The molecule has 2 aliphatic heterocycles. The smallest absolute Gasteiger partial charge is 0.347 e. The van der Waals surface area contributed by atoms with Crippen molar-refractivity contribution in [3.8, 4) is 0 Å². The Bertz CT molecular complexity index is 1820. The molecule has 2 aliphatic rings. The molecule has 2 saturated heterocycles. The zero-order chi connectivity index (χ0) is 47.4. The van der Waals surface area contributed by atoms with Crippen LogP contribution in [-0.2, 0) is 77.8 Å². The molecule has 2 N–H and O–H groups in total. The summed E-state index contributed by atoms with van der Waals surface area (Å²) in [5.41, 5.74) is -9.68. The highest BCUT2D eigenvalue weighted by molar-refractivity contribution is 6.00. The number of carboxylic acids is 1. The molecule has 8 atom stereocenters. The summed E-state index contributed by atoms with van der Waals surface area (Å²) >= 11 is 0. The minimum Gasteiger partial charge on any atom is -0.481 e. The number of methoxy groups -OCH3 is 1. The third kappa shape index (κ3) is 12.4. The number of ether oxygens (including phenoxy) is 9. The summed E-state index contributed by atoms with van der Waals surface area (Å²) in [4.78, 5) is 82.4. The van der Waals surface area contributed by atoms with Crippen LogP contribution < -0.4 is 0 Å². The summed E-state index contributed by atoms with van der Waals surface area (Å²) in [5, 5.41) is 22.7. The number of carbonyl (C=O) groups excluding carboxylic acids is 5. The predicted octanol–water partition coefficient (Wildman–Crippen LogP) is 5.30. The monoisotopic (exact) mass is 878 g/mol. The molecule has 348 valence electrons. The molecule has 0 radical (unpaired) electrons. The highest BCUT2D eigenvalue weighted by Gasteiger charge is 2.87. The Morgan fingerprint density at radius 1 is 0.806 bits per heavy atom. The first-order valence-corrected chi connectivity index (χ1v) is 20.6. The molecule has 2 unspecified atom stereocenters. The Morgan fingerprint density at radius 2 is 1.35 bits per heavy atom. The zero-order valence-electron chi connectivity index (χ0n) is 38.5. The highest BCUT2D eigenvalue weighted by Crippen LogP contribution is 2.59. The molecule has 2 fully saturated rings. The van der Waals surface area contributed by atoms with Gasteiger partial charge in [0.1, 0.15) is 22.9 Å². The van der Waals surface area contributed by atoms with Crippen LogP contribution in [0.2, 0.25) is 0 Å². The standard InChI is InChI=1S/C45H66O17/c1-26(32(55-28(3)46)27(2)25-29-19-17-16-18-20-29)23-24-43-33(57-42(13,14)54-15)34(56-31(49)22-21-30(47)48)45(62-43,38(52)61-41(10,11)12)44(53,37(51)60-40(7,8)9)35(58-43)36(50)59-39(4,5)6/h16-20,27,32-35,53H,1,21-25H2,2-15H3,(H,47,48)/t27?,32?,33-,34-,35-,43-,44-,45-/m1/s1. The minimum absolute atomic E-state index is 0.166. The van der Waals surface area contributed by atoms with Crippen molar-refractivity contribution >= 4 is 35.8 Å². The van der Waals surface area contributed by atoms with Gasteiger partial charge in [-0.15, -0.1) is 0 Å². The molecular weight excluding hydrogens is 812 g/mol. The molecule has 0 spiro atoms. The fraction of sp³-hybridized carbons (Fsp3) is 0.689. The molecule has 0 aromatic heterocycles. The van der Waals surface area contributed by atoms with Crippen molar-refractivity contribution in [3.63, 3.8) is 0 Å².